The fourth-order valence-corrected chi connectivity index (χ4v) is 4.86. The predicted octanol–water partition coefficient (Wildman–Crippen LogP) is 0.772. The number of nitrogens with one attached hydrogen (secondary N) is 1. The number of nitrogens with zero attached hydrogens (tertiary/aromatic N) is 2. The van der Waals surface area contributed by atoms with Gasteiger partial charge in [-0.3, -0.25) is 9.35 Å². The van der Waals surface area contributed by atoms with E-state index in [1.807, 2.05) is 0 Å². The standard InChI is InChI=1S/C14H21N3O5S/c18-12(15-9-6-14(7-9)4-1-5-14)11-3-2-10-8-16(11)13(19)17(10)22-23(20)21/h9-11H,1-8H2,(H,15,18)(H,20,21)/t10-,11+/m1/s1. The summed E-state index contributed by atoms with van der Waals surface area (Å²) in [6, 6.07) is -1.03. The second-order valence-corrected chi connectivity index (χ2v) is 7.85. The Hall–Kier alpha value is -1.19. The summed E-state index contributed by atoms with van der Waals surface area (Å²) in [5, 5.41) is 4.01. The summed E-state index contributed by atoms with van der Waals surface area (Å²) in [5.74, 6) is -0.108. The lowest BCUT2D eigenvalue weighted by molar-refractivity contribution is -0.129. The first-order chi connectivity index (χ1) is 11.0. The van der Waals surface area contributed by atoms with Gasteiger partial charge in [0.2, 0.25) is 5.91 Å². The molecular weight excluding hydrogens is 322 g/mol. The van der Waals surface area contributed by atoms with E-state index in [-0.39, 0.29) is 18.0 Å². The van der Waals surface area contributed by atoms with Gasteiger partial charge in [-0.1, -0.05) is 6.42 Å². The van der Waals surface area contributed by atoms with Crippen LogP contribution in [0.3, 0.4) is 0 Å². The molecule has 0 aromatic heterocycles. The number of piperidine rings is 1. The number of amides is 3. The number of hydroxylamine groups is 2. The van der Waals surface area contributed by atoms with Crippen LogP contribution in [0.4, 0.5) is 4.79 Å². The Morgan fingerprint density at radius 2 is 2.09 bits per heavy atom. The Balaban J connectivity index is 1.35. The Morgan fingerprint density at radius 1 is 1.35 bits per heavy atom. The molecule has 9 heteroatoms. The van der Waals surface area contributed by atoms with Crippen molar-refractivity contribution >= 4 is 23.3 Å². The third-order valence-corrected chi connectivity index (χ3v) is 6.18. The Kier molecular flexibility index (Phi) is 3.62. The molecule has 4 aliphatic rings. The SMILES string of the molecule is O=C(NC1CC2(CCC2)C1)[C@@H]1CC[C@@H]2CN1C(=O)N2OS(=O)O. The van der Waals surface area contributed by atoms with Crippen molar-refractivity contribution in [2.24, 2.45) is 5.41 Å². The van der Waals surface area contributed by atoms with Crippen molar-refractivity contribution in [2.45, 2.75) is 63.1 Å². The number of carbonyl (C=O) groups is 2. The third-order valence-electron chi connectivity index (χ3n) is 5.89. The van der Waals surface area contributed by atoms with Gasteiger partial charge in [-0.2, -0.15) is 9.27 Å². The number of hydrogen-bond donors (Lipinski definition) is 2. The maximum absolute atomic E-state index is 12.5. The first-order valence-electron chi connectivity index (χ1n) is 8.17. The number of fused-ring (bicyclic) bond motifs is 2. The van der Waals surface area contributed by atoms with Gasteiger partial charge in [0.05, 0.1) is 6.04 Å². The van der Waals surface area contributed by atoms with Gasteiger partial charge in [-0.25, -0.2) is 4.79 Å². The summed E-state index contributed by atoms with van der Waals surface area (Å²) < 4.78 is 24.3. The summed E-state index contributed by atoms with van der Waals surface area (Å²) in [6.07, 6.45) is 7.11. The third kappa shape index (κ3) is 2.54. The van der Waals surface area contributed by atoms with Crippen molar-refractivity contribution in [1.29, 1.82) is 0 Å². The normalized spacial score (nSPS) is 33.3. The second kappa shape index (κ2) is 5.42. The lowest BCUT2D eigenvalue weighted by atomic mass is 9.54. The molecule has 0 aromatic rings. The molecule has 2 saturated carbocycles. The highest BCUT2D eigenvalue weighted by Crippen LogP contribution is 2.55. The van der Waals surface area contributed by atoms with E-state index in [1.54, 1.807) is 0 Å². The molecule has 4 fully saturated rings. The molecule has 2 heterocycles. The highest BCUT2D eigenvalue weighted by Gasteiger charge is 2.51. The molecule has 2 N–H and O–H groups in total. The highest BCUT2D eigenvalue weighted by atomic mass is 32.2. The second-order valence-electron chi connectivity index (χ2n) is 7.27. The minimum Gasteiger partial charge on any atom is -0.352 e. The Labute approximate surface area is 137 Å². The summed E-state index contributed by atoms with van der Waals surface area (Å²) in [5.41, 5.74) is 0.495. The van der Waals surface area contributed by atoms with Crippen LogP contribution < -0.4 is 5.32 Å². The average Bonchev–Trinajstić information content (AvgIpc) is 2.65. The van der Waals surface area contributed by atoms with E-state index in [0.29, 0.717) is 24.8 Å². The highest BCUT2D eigenvalue weighted by molar-refractivity contribution is 7.74. The molecule has 0 radical (unpaired) electrons. The molecule has 8 nitrogen and oxygen atoms in total. The number of hydrogen-bond acceptors (Lipinski definition) is 4. The largest absolute Gasteiger partial charge is 0.352 e. The molecule has 1 unspecified atom stereocenters. The minimum absolute atomic E-state index is 0.108. The van der Waals surface area contributed by atoms with Gasteiger partial charge in [0.1, 0.15) is 6.04 Å². The van der Waals surface area contributed by atoms with Gasteiger partial charge in [-0.05, 0) is 43.9 Å². The van der Waals surface area contributed by atoms with E-state index in [4.69, 9.17) is 4.55 Å². The van der Waals surface area contributed by atoms with Crippen LogP contribution in [0.25, 0.3) is 0 Å². The van der Waals surface area contributed by atoms with Gasteiger partial charge in [0, 0.05) is 12.6 Å². The van der Waals surface area contributed by atoms with Crippen molar-refractivity contribution in [3.8, 4) is 0 Å². The van der Waals surface area contributed by atoms with Crippen LogP contribution in [-0.2, 0) is 20.4 Å². The molecule has 1 spiro atoms. The van der Waals surface area contributed by atoms with Crippen molar-refractivity contribution < 1.29 is 22.6 Å². The molecule has 2 saturated heterocycles. The lowest BCUT2D eigenvalue weighted by Crippen LogP contribution is -2.58. The molecule has 3 atom stereocenters. The quantitative estimate of drug-likeness (QED) is 0.735. The number of urea groups is 1. The maximum atomic E-state index is 12.5. The molecule has 128 valence electrons. The van der Waals surface area contributed by atoms with Crippen molar-refractivity contribution in [2.75, 3.05) is 6.54 Å². The fourth-order valence-electron chi connectivity index (χ4n) is 4.54. The zero-order chi connectivity index (χ0) is 16.2. The van der Waals surface area contributed by atoms with Crippen molar-refractivity contribution in [3.63, 3.8) is 0 Å². The number of carbonyl (C=O) groups excluding carboxylic acids is 2. The summed E-state index contributed by atoms with van der Waals surface area (Å²) in [7, 11) is 0. The van der Waals surface area contributed by atoms with Crippen LogP contribution in [0.15, 0.2) is 0 Å². The van der Waals surface area contributed by atoms with E-state index in [0.717, 1.165) is 17.9 Å². The van der Waals surface area contributed by atoms with E-state index in [2.05, 4.69) is 9.60 Å². The zero-order valence-corrected chi connectivity index (χ0v) is 13.6. The Bertz CT molecular complexity index is 559. The molecule has 2 aliphatic carbocycles. The van der Waals surface area contributed by atoms with Crippen LogP contribution in [0.1, 0.15) is 44.9 Å². The van der Waals surface area contributed by atoms with Gasteiger partial charge >= 0.3 is 17.4 Å². The molecule has 3 amide bonds. The van der Waals surface area contributed by atoms with E-state index < -0.39 is 23.4 Å². The van der Waals surface area contributed by atoms with Crippen LogP contribution >= 0.6 is 0 Å². The topological polar surface area (TPSA) is 99.2 Å². The Morgan fingerprint density at radius 3 is 2.70 bits per heavy atom. The summed E-state index contributed by atoms with van der Waals surface area (Å²) in [4.78, 5) is 26.2. The van der Waals surface area contributed by atoms with Gasteiger partial charge in [0.15, 0.2) is 0 Å². The van der Waals surface area contributed by atoms with Crippen LogP contribution in [0.2, 0.25) is 0 Å². The van der Waals surface area contributed by atoms with Crippen LogP contribution in [-0.4, -0.2) is 55.3 Å². The molecule has 23 heavy (non-hydrogen) atoms. The molecule has 4 rings (SSSR count). The van der Waals surface area contributed by atoms with Gasteiger partial charge < -0.3 is 10.2 Å². The van der Waals surface area contributed by atoms with Crippen LogP contribution in [0.5, 0.6) is 0 Å². The summed E-state index contributed by atoms with van der Waals surface area (Å²) >= 11 is -2.53. The minimum atomic E-state index is -2.53. The smallest absolute Gasteiger partial charge is 0.346 e. The number of rotatable bonds is 4. The lowest BCUT2D eigenvalue weighted by Gasteiger charge is -2.54. The monoisotopic (exact) mass is 343 g/mol. The first-order valence-corrected chi connectivity index (χ1v) is 9.20. The molecule has 0 aromatic carbocycles. The fraction of sp³-hybridized carbons (Fsp3) is 0.857. The predicted molar refractivity (Wildman–Crippen MR) is 80.1 cm³/mol. The van der Waals surface area contributed by atoms with E-state index >= 15 is 0 Å². The first kappa shape index (κ1) is 15.3. The average molecular weight is 343 g/mol. The van der Waals surface area contributed by atoms with E-state index in [9.17, 15) is 13.8 Å². The molecule has 2 bridgehead atoms. The molecule has 2 aliphatic heterocycles. The summed E-state index contributed by atoms with van der Waals surface area (Å²) in [6.45, 7) is 0.364. The van der Waals surface area contributed by atoms with Gasteiger partial charge in [-0.15, -0.1) is 4.28 Å². The van der Waals surface area contributed by atoms with Crippen molar-refractivity contribution in [3.05, 3.63) is 0 Å². The zero-order valence-electron chi connectivity index (χ0n) is 12.8. The van der Waals surface area contributed by atoms with Crippen molar-refractivity contribution in [1.82, 2.24) is 15.3 Å². The molecular formula is C14H21N3O5S. The van der Waals surface area contributed by atoms with Gasteiger partial charge in [0.25, 0.3) is 0 Å². The van der Waals surface area contributed by atoms with E-state index in [1.165, 1.54) is 24.2 Å². The van der Waals surface area contributed by atoms with Crippen LogP contribution in [0, 0.1) is 5.41 Å². The maximum Gasteiger partial charge on any atom is 0.346 e.